The average Bonchev–Trinajstić information content (AvgIpc) is 3.05. The van der Waals surface area contributed by atoms with Crippen molar-refractivity contribution in [2.24, 2.45) is 17.8 Å². The molecule has 2 fully saturated rings. The van der Waals surface area contributed by atoms with E-state index in [2.05, 4.69) is 6.92 Å². The standard InChI is InChI=1S/C21H34O5/c1-2-3-4-8-16(22)10-11-17-18(23)13-15-12-14(21(26)20(15)17)7-5-6-9-19(24)25/h7,10-11,15-18,20-23,26H,2-6,8-9,12-13H2,1H3,(H,24,25)/t15-,16?,17-,18+,20-,21+/m0/s1. The largest absolute Gasteiger partial charge is 0.481 e. The molecule has 0 spiro atoms. The summed E-state index contributed by atoms with van der Waals surface area (Å²) in [6, 6.07) is 0. The second-order valence-electron chi connectivity index (χ2n) is 7.88. The number of hydrogen-bond acceptors (Lipinski definition) is 4. The van der Waals surface area contributed by atoms with Gasteiger partial charge >= 0.3 is 5.97 Å². The molecule has 0 saturated heterocycles. The fourth-order valence-electron chi connectivity index (χ4n) is 4.51. The van der Waals surface area contributed by atoms with Crippen LogP contribution < -0.4 is 0 Å². The molecular formula is C21H34O5. The number of carboxylic acids is 1. The number of aliphatic carboxylic acids is 1. The second-order valence-corrected chi connectivity index (χ2v) is 7.88. The van der Waals surface area contributed by atoms with E-state index in [0.29, 0.717) is 19.3 Å². The highest BCUT2D eigenvalue weighted by Gasteiger charge is 2.50. The van der Waals surface area contributed by atoms with Crippen LogP contribution in [0.25, 0.3) is 0 Å². The van der Waals surface area contributed by atoms with Crippen LogP contribution in [0.4, 0.5) is 0 Å². The fourth-order valence-corrected chi connectivity index (χ4v) is 4.51. The maximum absolute atomic E-state index is 10.7. The highest BCUT2D eigenvalue weighted by molar-refractivity contribution is 5.66. The summed E-state index contributed by atoms with van der Waals surface area (Å²) in [6.07, 6.45) is 10.9. The second kappa shape index (κ2) is 10.2. The van der Waals surface area contributed by atoms with Crippen molar-refractivity contribution in [1.82, 2.24) is 0 Å². The molecule has 0 radical (unpaired) electrons. The molecule has 2 saturated carbocycles. The van der Waals surface area contributed by atoms with Crippen LogP contribution in [0.2, 0.25) is 0 Å². The Bertz CT molecular complexity index is 513. The zero-order valence-electron chi connectivity index (χ0n) is 15.8. The first-order chi connectivity index (χ1) is 12.4. The molecule has 148 valence electrons. The van der Waals surface area contributed by atoms with Crippen LogP contribution in [-0.4, -0.2) is 44.7 Å². The van der Waals surface area contributed by atoms with E-state index in [-0.39, 0.29) is 24.2 Å². The first-order valence-corrected chi connectivity index (χ1v) is 10.1. The van der Waals surface area contributed by atoms with Crippen molar-refractivity contribution < 1.29 is 25.2 Å². The van der Waals surface area contributed by atoms with E-state index in [1.54, 1.807) is 6.08 Å². The van der Waals surface area contributed by atoms with E-state index >= 15 is 0 Å². The zero-order chi connectivity index (χ0) is 19.1. The highest BCUT2D eigenvalue weighted by atomic mass is 16.4. The van der Waals surface area contributed by atoms with Gasteiger partial charge in [0.15, 0.2) is 0 Å². The molecule has 2 aliphatic rings. The molecule has 1 unspecified atom stereocenters. The minimum Gasteiger partial charge on any atom is -0.481 e. The van der Waals surface area contributed by atoms with Crippen LogP contribution >= 0.6 is 0 Å². The van der Waals surface area contributed by atoms with Gasteiger partial charge in [0.1, 0.15) is 0 Å². The molecule has 5 nitrogen and oxygen atoms in total. The van der Waals surface area contributed by atoms with Crippen LogP contribution in [-0.2, 0) is 4.79 Å². The summed E-state index contributed by atoms with van der Waals surface area (Å²) in [6.45, 7) is 2.13. The summed E-state index contributed by atoms with van der Waals surface area (Å²) in [5, 5.41) is 39.9. The molecular weight excluding hydrogens is 332 g/mol. The molecule has 0 bridgehead atoms. The first kappa shape index (κ1) is 21.1. The summed E-state index contributed by atoms with van der Waals surface area (Å²) in [7, 11) is 0. The summed E-state index contributed by atoms with van der Waals surface area (Å²) in [4.78, 5) is 10.6. The minimum absolute atomic E-state index is 0.00480. The zero-order valence-corrected chi connectivity index (χ0v) is 15.8. The van der Waals surface area contributed by atoms with Crippen LogP contribution in [0, 0.1) is 17.8 Å². The quantitative estimate of drug-likeness (QED) is 0.352. The molecule has 2 rings (SSSR count). The van der Waals surface area contributed by atoms with Gasteiger partial charge in [0.05, 0.1) is 18.3 Å². The van der Waals surface area contributed by atoms with E-state index in [1.807, 2.05) is 12.2 Å². The third-order valence-corrected chi connectivity index (χ3v) is 5.88. The van der Waals surface area contributed by atoms with Crippen molar-refractivity contribution in [2.75, 3.05) is 0 Å². The van der Waals surface area contributed by atoms with Gasteiger partial charge in [-0.15, -0.1) is 0 Å². The smallest absolute Gasteiger partial charge is 0.303 e. The van der Waals surface area contributed by atoms with Crippen LogP contribution in [0.3, 0.4) is 0 Å². The Morgan fingerprint density at radius 3 is 2.73 bits per heavy atom. The lowest BCUT2D eigenvalue weighted by molar-refractivity contribution is -0.137. The van der Waals surface area contributed by atoms with Gasteiger partial charge < -0.3 is 20.4 Å². The summed E-state index contributed by atoms with van der Waals surface area (Å²) >= 11 is 0. The summed E-state index contributed by atoms with van der Waals surface area (Å²) in [5.74, 6) is -0.661. The van der Waals surface area contributed by atoms with Crippen molar-refractivity contribution >= 4 is 5.97 Å². The Morgan fingerprint density at radius 2 is 2.04 bits per heavy atom. The number of aliphatic hydroxyl groups excluding tert-OH is 3. The highest BCUT2D eigenvalue weighted by Crippen LogP contribution is 2.50. The molecule has 0 aromatic heterocycles. The maximum atomic E-state index is 10.7. The number of hydrogen-bond donors (Lipinski definition) is 4. The lowest BCUT2D eigenvalue weighted by Crippen LogP contribution is -2.26. The van der Waals surface area contributed by atoms with Crippen molar-refractivity contribution in [2.45, 2.75) is 83.0 Å². The maximum Gasteiger partial charge on any atom is 0.303 e. The summed E-state index contributed by atoms with van der Waals surface area (Å²) < 4.78 is 0. The monoisotopic (exact) mass is 366 g/mol. The van der Waals surface area contributed by atoms with Crippen LogP contribution in [0.15, 0.2) is 23.8 Å². The number of unbranched alkanes of at least 4 members (excludes halogenated alkanes) is 3. The minimum atomic E-state index is -0.793. The topological polar surface area (TPSA) is 98.0 Å². The molecule has 2 aliphatic carbocycles. The molecule has 0 aromatic rings. The predicted octanol–water partition coefficient (Wildman–Crippen LogP) is 3.04. The Labute approximate surface area is 156 Å². The van der Waals surface area contributed by atoms with Gasteiger partial charge in [0.2, 0.25) is 0 Å². The molecule has 6 atom stereocenters. The molecule has 5 heteroatoms. The third-order valence-electron chi connectivity index (χ3n) is 5.88. The molecule has 0 aromatic carbocycles. The normalized spacial score (nSPS) is 33.8. The van der Waals surface area contributed by atoms with Crippen molar-refractivity contribution in [3.8, 4) is 0 Å². The molecule has 0 amide bonds. The van der Waals surface area contributed by atoms with E-state index in [4.69, 9.17) is 5.11 Å². The number of aliphatic hydroxyl groups is 3. The van der Waals surface area contributed by atoms with Gasteiger partial charge in [-0.25, -0.2) is 0 Å². The molecule has 0 aliphatic heterocycles. The molecule has 4 N–H and O–H groups in total. The van der Waals surface area contributed by atoms with Crippen molar-refractivity contribution in [3.63, 3.8) is 0 Å². The van der Waals surface area contributed by atoms with E-state index in [1.165, 1.54) is 0 Å². The first-order valence-electron chi connectivity index (χ1n) is 10.1. The van der Waals surface area contributed by atoms with Gasteiger partial charge in [0, 0.05) is 18.3 Å². The van der Waals surface area contributed by atoms with Crippen LogP contribution in [0.1, 0.15) is 64.7 Å². The number of carboxylic acid groups (broad SMARTS) is 1. The number of carbonyl (C=O) groups is 1. The molecule has 0 heterocycles. The lowest BCUT2D eigenvalue weighted by atomic mass is 9.88. The predicted molar refractivity (Wildman–Crippen MR) is 101 cm³/mol. The SMILES string of the molecule is CCCCCC(O)C=C[C@@H]1[C@@H]2[C@@H](CC(=CCCCC(=O)O)[C@H]2O)C[C@H]1O. The lowest BCUT2D eigenvalue weighted by Gasteiger charge is -2.22. The Balaban J connectivity index is 1.91. The van der Waals surface area contributed by atoms with Gasteiger partial charge in [-0.2, -0.15) is 0 Å². The van der Waals surface area contributed by atoms with E-state index < -0.39 is 24.3 Å². The van der Waals surface area contributed by atoms with Gasteiger partial charge in [-0.05, 0) is 43.6 Å². The Kier molecular flexibility index (Phi) is 8.32. The Morgan fingerprint density at radius 1 is 1.27 bits per heavy atom. The number of allylic oxidation sites excluding steroid dienone is 1. The van der Waals surface area contributed by atoms with Crippen molar-refractivity contribution in [1.29, 1.82) is 0 Å². The van der Waals surface area contributed by atoms with Gasteiger partial charge in [0.25, 0.3) is 0 Å². The van der Waals surface area contributed by atoms with Crippen LogP contribution in [0.5, 0.6) is 0 Å². The fraction of sp³-hybridized carbons (Fsp3) is 0.762. The molecule has 26 heavy (non-hydrogen) atoms. The van der Waals surface area contributed by atoms with Crippen molar-refractivity contribution in [3.05, 3.63) is 23.8 Å². The van der Waals surface area contributed by atoms with Gasteiger partial charge in [-0.3, -0.25) is 4.79 Å². The Hall–Kier alpha value is -1.17. The van der Waals surface area contributed by atoms with E-state index in [9.17, 15) is 20.1 Å². The number of rotatable bonds is 10. The average molecular weight is 366 g/mol. The third kappa shape index (κ3) is 5.66. The summed E-state index contributed by atoms with van der Waals surface area (Å²) in [5.41, 5.74) is 0.985. The van der Waals surface area contributed by atoms with Gasteiger partial charge in [-0.1, -0.05) is 44.4 Å². The number of fused-ring (bicyclic) bond motifs is 1. The van der Waals surface area contributed by atoms with E-state index in [0.717, 1.165) is 37.7 Å².